The first-order valence-corrected chi connectivity index (χ1v) is 7.46. The molecule has 0 saturated carbocycles. The van der Waals surface area contributed by atoms with Crippen LogP contribution in [-0.4, -0.2) is 6.03 Å². The van der Waals surface area contributed by atoms with Crippen LogP contribution in [0.5, 0.6) is 0 Å². The lowest BCUT2D eigenvalue weighted by Gasteiger charge is -2.11. The van der Waals surface area contributed by atoms with Crippen molar-refractivity contribution in [3.05, 3.63) is 63.9 Å². The van der Waals surface area contributed by atoms with E-state index >= 15 is 0 Å². The number of anilines is 1. The molecule has 2 aromatic carbocycles. The molecule has 0 aliphatic heterocycles. The van der Waals surface area contributed by atoms with Gasteiger partial charge in [-0.2, -0.15) is 0 Å². The predicted molar refractivity (Wildman–Crippen MR) is 85.8 cm³/mol. The van der Waals surface area contributed by atoms with E-state index < -0.39 is 0 Å². The van der Waals surface area contributed by atoms with Gasteiger partial charge in [0.05, 0.1) is 0 Å². The molecule has 0 saturated heterocycles. The monoisotopic (exact) mass is 350 g/mol. The predicted octanol–water partition coefficient (Wildman–Crippen LogP) is 4.47. The summed E-state index contributed by atoms with van der Waals surface area (Å²) in [7, 11) is 0. The Labute approximate surface area is 131 Å². The van der Waals surface area contributed by atoms with Crippen LogP contribution in [0.25, 0.3) is 0 Å². The first kappa shape index (κ1) is 15.5. The van der Waals surface area contributed by atoms with Gasteiger partial charge in [-0.25, -0.2) is 9.18 Å². The van der Waals surface area contributed by atoms with Crippen molar-refractivity contribution in [2.24, 2.45) is 0 Å². The Morgan fingerprint density at radius 2 is 1.95 bits per heavy atom. The highest BCUT2D eigenvalue weighted by Gasteiger charge is 2.07. The molecule has 5 heteroatoms. The highest BCUT2D eigenvalue weighted by molar-refractivity contribution is 9.10. The average Bonchev–Trinajstić information content (AvgIpc) is 2.49. The molecule has 0 aliphatic carbocycles. The average molecular weight is 351 g/mol. The van der Waals surface area contributed by atoms with E-state index in [1.165, 1.54) is 6.07 Å². The molecule has 0 heterocycles. The quantitative estimate of drug-likeness (QED) is 0.838. The second-order valence-corrected chi connectivity index (χ2v) is 5.47. The number of para-hydroxylation sites is 1. The Kier molecular flexibility index (Phi) is 5.33. The third kappa shape index (κ3) is 4.29. The molecule has 0 fully saturated rings. The third-order valence-electron chi connectivity index (χ3n) is 3.09. The van der Waals surface area contributed by atoms with Gasteiger partial charge >= 0.3 is 6.03 Å². The number of amides is 2. The minimum absolute atomic E-state index is 0.130. The fourth-order valence-electron chi connectivity index (χ4n) is 1.97. The van der Waals surface area contributed by atoms with Gasteiger partial charge in [0.1, 0.15) is 5.82 Å². The van der Waals surface area contributed by atoms with Crippen molar-refractivity contribution >= 4 is 27.6 Å². The molecule has 0 unspecified atom stereocenters. The zero-order valence-corrected chi connectivity index (χ0v) is 13.2. The molecule has 110 valence electrons. The zero-order chi connectivity index (χ0) is 15.2. The fourth-order valence-corrected chi connectivity index (χ4v) is 2.38. The normalized spacial score (nSPS) is 10.2. The van der Waals surface area contributed by atoms with E-state index in [9.17, 15) is 9.18 Å². The van der Waals surface area contributed by atoms with E-state index in [1.54, 1.807) is 12.1 Å². The summed E-state index contributed by atoms with van der Waals surface area (Å²) in [5.41, 5.74) is 2.26. The smallest absolute Gasteiger partial charge is 0.319 e. The van der Waals surface area contributed by atoms with Crippen LogP contribution in [0.1, 0.15) is 18.1 Å². The van der Waals surface area contributed by atoms with E-state index in [1.807, 2.05) is 31.2 Å². The molecular formula is C16H16BrFN2O. The first-order chi connectivity index (χ1) is 10.1. The molecule has 0 bridgehead atoms. The Bertz CT molecular complexity index is 646. The molecule has 0 radical (unpaired) electrons. The van der Waals surface area contributed by atoms with Crippen molar-refractivity contribution in [3.63, 3.8) is 0 Å². The summed E-state index contributed by atoms with van der Waals surface area (Å²) in [4.78, 5) is 11.9. The number of hydrogen-bond acceptors (Lipinski definition) is 1. The van der Waals surface area contributed by atoms with E-state index in [0.29, 0.717) is 5.56 Å². The summed E-state index contributed by atoms with van der Waals surface area (Å²) in [6.07, 6.45) is 0.830. The van der Waals surface area contributed by atoms with Crippen molar-refractivity contribution in [1.82, 2.24) is 5.32 Å². The van der Waals surface area contributed by atoms with Gasteiger partial charge in [-0.3, -0.25) is 0 Å². The summed E-state index contributed by atoms with van der Waals surface area (Å²) in [6.45, 7) is 2.15. The maximum atomic E-state index is 13.6. The molecule has 2 amide bonds. The molecule has 21 heavy (non-hydrogen) atoms. The van der Waals surface area contributed by atoms with Crippen LogP contribution in [0.15, 0.2) is 46.9 Å². The van der Waals surface area contributed by atoms with Gasteiger partial charge in [-0.1, -0.05) is 41.1 Å². The Morgan fingerprint density at radius 1 is 1.19 bits per heavy atom. The van der Waals surface area contributed by atoms with Gasteiger partial charge in [0.2, 0.25) is 0 Å². The van der Waals surface area contributed by atoms with E-state index in [2.05, 4.69) is 26.6 Å². The number of carbonyl (C=O) groups excluding carboxylic acids is 1. The molecule has 3 nitrogen and oxygen atoms in total. The van der Waals surface area contributed by atoms with E-state index in [4.69, 9.17) is 0 Å². The molecule has 0 aromatic heterocycles. The second kappa shape index (κ2) is 7.22. The maximum Gasteiger partial charge on any atom is 0.319 e. The van der Waals surface area contributed by atoms with Gasteiger partial charge in [0.25, 0.3) is 0 Å². The van der Waals surface area contributed by atoms with Crippen molar-refractivity contribution in [1.29, 1.82) is 0 Å². The van der Waals surface area contributed by atoms with Gasteiger partial charge < -0.3 is 10.6 Å². The topological polar surface area (TPSA) is 41.1 Å². The number of urea groups is 1. The van der Waals surface area contributed by atoms with Gasteiger partial charge in [0.15, 0.2) is 0 Å². The Morgan fingerprint density at radius 3 is 2.71 bits per heavy atom. The Hall–Kier alpha value is -1.88. The summed E-state index contributed by atoms with van der Waals surface area (Å²) in [5.74, 6) is -0.340. The number of benzene rings is 2. The number of hydrogen-bond donors (Lipinski definition) is 2. The van der Waals surface area contributed by atoms with Crippen molar-refractivity contribution < 1.29 is 9.18 Å². The minimum Gasteiger partial charge on any atom is -0.334 e. The van der Waals surface area contributed by atoms with Crippen molar-refractivity contribution in [3.8, 4) is 0 Å². The SMILES string of the molecule is CCc1ccccc1NC(=O)NCc1cc(Br)ccc1F. The highest BCUT2D eigenvalue weighted by atomic mass is 79.9. The first-order valence-electron chi connectivity index (χ1n) is 6.67. The van der Waals surface area contributed by atoms with Crippen LogP contribution in [-0.2, 0) is 13.0 Å². The fraction of sp³-hybridized carbons (Fsp3) is 0.188. The maximum absolute atomic E-state index is 13.6. The molecule has 2 N–H and O–H groups in total. The van der Waals surface area contributed by atoms with E-state index in [0.717, 1.165) is 22.1 Å². The molecule has 2 aromatic rings. The molecule has 0 atom stereocenters. The summed E-state index contributed by atoms with van der Waals surface area (Å²) in [5, 5.41) is 5.44. The Balaban J connectivity index is 1.97. The zero-order valence-electron chi connectivity index (χ0n) is 11.6. The van der Waals surface area contributed by atoms with E-state index in [-0.39, 0.29) is 18.4 Å². The lowest BCUT2D eigenvalue weighted by molar-refractivity contribution is 0.251. The van der Waals surface area contributed by atoms with Gasteiger partial charge in [0, 0.05) is 22.3 Å². The van der Waals surface area contributed by atoms with Crippen molar-refractivity contribution in [2.45, 2.75) is 19.9 Å². The third-order valence-corrected chi connectivity index (χ3v) is 3.59. The largest absolute Gasteiger partial charge is 0.334 e. The van der Waals surface area contributed by atoms with Crippen molar-refractivity contribution in [2.75, 3.05) is 5.32 Å². The van der Waals surface area contributed by atoms with Crippen LogP contribution in [0.4, 0.5) is 14.9 Å². The van der Waals surface area contributed by atoms with Gasteiger partial charge in [-0.05, 0) is 36.2 Å². The number of halogens is 2. The number of aryl methyl sites for hydroxylation is 1. The molecular weight excluding hydrogens is 335 g/mol. The van der Waals surface area contributed by atoms with Crippen LogP contribution in [0.2, 0.25) is 0 Å². The lowest BCUT2D eigenvalue weighted by Crippen LogP contribution is -2.28. The molecule has 0 aliphatic rings. The van der Waals surface area contributed by atoms with Crippen LogP contribution in [0, 0.1) is 5.82 Å². The summed E-state index contributed by atoms with van der Waals surface area (Å²) >= 11 is 3.28. The lowest BCUT2D eigenvalue weighted by atomic mass is 10.1. The van der Waals surface area contributed by atoms with Crippen LogP contribution in [0.3, 0.4) is 0 Å². The molecule has 2 rings (SSSR count). The van der Waals surface area contributed by atoms with Crippen LogP contribution >= 0.6 is 15.9 Å². The van der Waals surface area contributed by atoms with Gasteiger partial charge in [-0.15, -0.1) is 0 Å². The second-order valence-electron chi connectivity index (χ2n) is 4.55. The standard InChI is InChI=1S/C16H16BrFN2O/c1-2-11-5-3-4-6-15(11)20-16(21)19-10-12-9-13(17)7-8-14(12)18/h3-9H,2,10H2,1H3,(H2,19,20,21). The number of rotatable bonds is 4. The molecule has 0 spiro atoms. The minimum atomic E-state index is -0.352. The summed E-state index contributed by atoms with van der Waals surface area (Å²) in [6, 6.07) is 11.9. The van der Waals surface area contributed by atoms with Crippen LogP contribution < -0.4 is 10.6 Å². The summed E-state index contributed by atoms with van der Waals surface area (Å²) < 4.78 is 14.3. The number of carbonyl (C=O) groups is 1. The highest BCUT2D eigenvalue weighted by Crippen LogP contribution is 2.16. The number of nitrogens with one attached hydrogen (secondary N) is 2.